The summed E-state index contributed by atoms with van der Waals surface area (Å²) in [5, 5.41) is 24.9. The summed E-state index contributed by atoms with van der Waals surface area (Å²) in [6, 6.07) is 5.09. The van der Waals surface area contributed by atoms with E-state index in [1.54, 1.807) is 0 Å². The molecule has 3 atom stereocenters. The summed E-state index contributed by atoms with van der Waals surface area (Å²) in [4.78, 5) is 24.6. The topological polar surface area (TPSA) is 98.7 Å². The number of rotatable bonds is 3. The molecule has 1 aliphatic heterocycles. The van der Waals surface area contributed by atoms with E-state index in [2.05, 4.69) is 5.32 Å². The van der Waals surface area contributed by atoms with Crippen molar-refractivity contribution in [3.63, 3.8) is 0 Å². The van der Waals surface area contributed by atoms with E-state index in [1.807, 2.05) is 0 Å². The molecule has 10 heteroatoms. The number of aromatic hydroxyl groups is 1. The van der Waals surface area contributed by atoms with Gasteiger partial charge >= 0.3 is 12.2 Å². The van der Waals surface area contributed by atoms with Crippen molar-refractivity contribution in [3.05, 3.63) is 52.2 Å². The van der Waals surface area contributed by atoms with Gasteiger partial charge in [-0.05, 0) is 29.1 Å². The van der Waals surface area contributed by atoms with Crippen LogP contribution >= 0.6 is 11.3 Å². The number of carbonyl (C=O) groups is 2. The van der Waals surface area contributed by atoms with Gasteiger partial charge in [0.25, 0.3) is 0 Å². The van der Waals surface area contributed by atoms with Gasteiger partial charge in [-0.2, -0.15) is 13.2 Å². The number of alkyl halides is 3. The number of amides is 2. The number of carbonyl (C=O) groups excluding carboxylic acids is 2. The van der Waals surface area contributed by atoms with Gasteiger partial charge in [0.05, 0.1) is 10.9 Å². The van der Waals surface area contributed by atoms with E-state index in [0.717, 1.165) is 11.3 Å². The number of Topliss-reactive ketones (excluding diaryl/α,β-unsaturated/α-hetero) is 1. The number of phenolic OH excluding ortho intramolecular Hbond substituents is 1. The van der Waals surface area contributed by atoms with E-state index in [4.69, 9.17) is 0 Å². The molecule has 3 rings (SSSR count). The van der Waals surface area contributed by atoms with Crippen molar-refractivity contribution in [3.8, 4) is 5.75 Å². The Bertz CT molecular complexity index is 823. The minimum Gasteiger partial charge on any atom is -0.508 e. The van der Waals surface area contributed by atoms with Crippen LogP contribution in [0, 0.1) is 5.92 Å². The standard InChI is InChI=1S/C16H13F3N2O4S/c17-16(18,19)15(25)11(13(23)10-2-1-7-26-10)12(20-14(24)21-15)8-3-5-9(22)6-4-8/h1-7,11-12,22,25H,(H2,20,21,24)/t11-,12-,15-/m1/s1. The molecule has 1 aromatic heterocycles. The highest BCUT2D eigenvalue weighted by molar-refractivity contribution is 7.12. The van der Waals surface area contributed by atoms with Crippen molar-refractivity contribution in [1.29, 1.82) is 0 Å². The van der Waals surface area contributed by atoms with E-state index in [1.165, 1.54) is 47.1 Å². The Morgan fingerprint density at radius 3 is 2.38 bits per heavy atom. The summed E-state index contributed by atoms with van der Waals surface area (Å²) in [6.07, 6.45) is -5.29. The third-order valence-corrected chi connectivity index (χ3v) is 4.99. The molecule has 0 aliphatic carbocycles. The van der Waals surface area contributed by atoms with Crippen LogP contribution in [0.2, 0.25) is 0 Å². The first-order chi connectivity index (χ1) is 12.1. The van der Waals surface area contributed by atoms with Gasteiger partial charge in [0.2, 0.25) is 5.72 Å². The highest BCUT2D eigenvalue weighted by Gasteiger charge is 2.66. The SMILES string of the molecule is O=C1N[C@H](c2ccc(O)cc2)[C@H](C(=O)c2cccs2)[C@@](O)(C(F)(F)F)N1. The zero-order chi connectivity index (χ0) is 19.1. The molecule has 0 spiro atoms. The van der Waals surface area contributed by atoms with Gasteiger partial charge in [-0.15, -0.1) is 11.3 Å². The van der Waals surface area contributed by atoms with E-state index in [0.29, 0.717) is 0 Å². The predicted octanol–water partition coefficient (Wildman–Crippen LogP) is 2.56. The van der Waals surface area contributed by atoms with Crippen LogP contribution in [0.5, 0.6) is 5.75 Å². The first-order valence-electron chi connectivity index (χ1n) is 7.38. The molecule has 1 saturated heterocycles. The quantitative estimate of drug-likeness (QED) is 0.610. The number of aliphatic hydroxyl groups is 1. The smallest absolute Gasteiger partial charge is 0.437 e. The Balaban J connectivity index is 2.14. The van der Waals surface area contributed by atoms with Gasteiger partial charge in [-0.3, -0.25) is 4.79 Å². The maximum Gasteiger partial charge on any atom is 0.437 e. The van der Waals surface area contributed by atoms with E-state index in [-0.39, 0.29) is 16.2 Å². The highest BCUT2D eigenvalue weighted by atomic mass is 32.1. The lowest BCUT2D eigenvalue weighted by molar-refractivity contribution is -0.287. The summed E-state index contributed by atoms with van der Waals surface area (Å²) >= 11 is 0.928. The second kappa shape index (κ2) is 6.29. The molecule has 0 saturated carbocycles. The Hall–Kier alpha value is -2.59. The lowest BCUT2D eigenvalue weighted by atomic mass is 9.78. The van der Waals surface area contributed by atoms with E-state index >= 15 is 0 Å². The van der Waals surface area contributed by atoms with Crippen LogP contribution in [-0.2, 0) is 0 Å². The zero-order valence-electron chi connectivity index (χ0n) is 12.9. The summed E-state index contributed by atoms with van der Waals surface area (Å²) in [5.74, 6) is -3.17. The molecule has 4 N–H and O–H groups in total. The summed E-state index contributed by atoms with van der Waals surface area (Å²) in [6.45, 7) is 0. The van der Waals surface area contributed by atoms with Crippen LogP contribution in [-0.4, -0.2) is 33.9 Å². The monoisotopic (exact) mass is 386 g/mol. The second-order valence-corrected chi connectivity index (χ2v) is 6.70. The van der Waals surface area contributed by atoms with Crippen LogP contribution < -0.4 is 10.6 Å². The fourth-order valence-corrected chi connectivity index (χ4v) is 3.57. The van der Waals surface area contributed by atoms with Crippen LogP contribution in [0.3, 0.4) is 0 Å². The molecule has 2 amide bonds. The molecule has 2 aromatic rings. The number of hydrogen-bond acceptors (Lipinski definition) is 5. The third kappa shape index (κ3) is 3.01. The third-order valence-electron chi connectivity index (χ3n) is 4.10. The van der Waals surface area contributed by atoms with Crippen LogP contribution in [0.25, 0.3) is 0 Å². The Morgan fingerprint density at radius 2 is 1.85 bits per heavy atom. The molecular weight excluding hydrogens is 373 g/mol. The van der Waals surface area contributed by atoms with Crippen molar-refractivity contribution in [1.82, 2.24) is 10.6 Å². The molecule has 0 bridgehead atoms. The van der Waals surface area contributed by atoms with Crippen LogP contribution in [0.1, 0.15) is 21.3 Å². The Kier molecular flexibility index (Phi) is 4.41. The van der Waals surface area contributed by atoms with Crippen molar-refractivity contribution < 1.29 is 33.0 Å². The van der Waals surface area contributed by atoms with Crippen molar-refractivity contribution in [2.24, 2.45) is 5.92 Å². The molecule has 0 unspecified atom stereocenters. The minimum absolute atomic E-state index is 0.0133. The van der Waals surface area contributed by atoms with Gasteiger partial charge in [-0.25, -0.2) is 4.79 Å². The molecule has 1 aliphatic rings. The average Bonchev–Trinajstić information content (AvgIpc) is 3.08. The number of hydrogen-bond donors (Lipinski definition) is 4. The molecular formula is C16H13F3N2O4S. The van der Waals surface area contributed by atoms with E-state index in [9.17, 15) is 33.0 Å². The maximum atomic E-state index is 13.6. The number of phenols is 1. The fourth-order valence-electron chi connectivity index (χ4n) is 2.87. The molecule has 1 fully saturated rings. The molecule has 6 nitrogen and oxygen atoms in total. The fraction of sp³-hybridized carbons (Fsp3) is 0.250. The molecule has 0 radical (unpaired) electrons. The number of urea groups is 1. The molecule has 2 heterocycles. The first-order valence-corrected chi connectivity index (χ1v) is 8.26. The Morgan fingerprint density at radius 1 is 1.19 bits per heavy atom. The van der Waals surface area contributed by atoms with Gasteiger partial charge in [-0.1, -0.05) is 18.2 Å². The van der Waals surface area contributed by atoms with Crippen molar-refractivity contribution >= 4 is 23.2 Å². The van der Waals surface area contributed by atoms with Gasteiger partial charge < -0.3 is 20.8 Å². The van der Waals surface area contributed by atoms with Crippen molar-refractivity contribution in [2.45, 2.75) is 17.9 Å². The first kappa shape index (κ1) is 18.2. The van der Waals surface area contributed by atoms with Crippen molar-refractivity contribution in [2.75, 3.05) is 0 Å². The van der Waals surface area contributed by atoms with Gasteiger partial charge in [0, 0.05) is 0 Å². The summed E-state index contributed by atoms with van der Waals surface area (Å²) in [5.41, 5.74) is -3.62. The lowest BCUT2D eigenvalue weighted by Crippen LogP contribution is -2.72. The largest absolute Gasteiger partial charge is 0.508 e. The zero-order valence-corrected chi connectivity index (χ0v) is 13.8. The van der Waals surface area contributed by atoms with Gasteiger partial charge in [0.1, 0.15) is 11.7 Å². The molecule has 26 heavy (non-hydrogen) atoms. The van der Waals surface area contributed by atoms with Crippen LogP contribution in [0.15, 0.2) is 41.8 Å². The number of ketones is 1. The predicted molar refractivity (Wildman–Crippen MR) is 85.7 cm³/mol. The number of benzene rings is 1. The Labute approximate surface area is 149 Å². The number of thiophene rings is 1. The molecule has 1 aromatic carbocycles. The summed E-state index contributed by atoms with van der Waals surface area (Å²) < 4.78 is 40.9. The van der Waals surface area contributed by atoms with Gasteiger partial charge in [0.15, 0.2) is 5.78 Å². The van der Waals surface area contributed by atoms with E-state index < -0.39 is 35.7 Å². The normalized spacial score (nSPS) is 26.1. The maximum absolute atomic E-state index is 13.6. The lowest BCUT2D eigenvalue weighted by Gasteiger charge is -2.44. The second-order valence-electron chi connectivity index (χ2n) is 5.75. The van der Waals surface area contributed by atoms with Crippen LogP contribution in [0.4, 0.5) is 18.0 Å². The summed E-state index contributed by atoms with van der Waals surface area (Å²) in [7, 11) is 0. The number of nitrogens with one attached hydrogen (secondary N) is 2. The minimum atomic E-state index is -5.29. The highest BCUT2D eigenvalue weighted by Crippen LogP contribution is 2.44. The average molecular weight is 386 g/mol. The number of halogens is 3. The molecule has 138 valence electrons.